The number of nitrogens with one attached hydrogen (secondary N) is 1. The molecule has 1 aromatic carbocycles. The highest BCUT2D eigenvalue weighted by Gasteiger charge is 2.09. The summed E-state index contributed by atoms with van der Waals surface area (Å²) in [6.45, 7) is 0.307. The number of aromatic nitrogens is 2. The number of carbonyl (C=O) groups is 1. The van der Waals surface area contributed by atoms with Gasteiger partial charge in [0, 0.05) is 12.6 Å². The molecule has 0 bridgehead atoms. The number of H-pyrrole nitrogens is 1. The number of hydrogen-bond acceptors (Lipinski definition) is 5. The number of rotatable bonds is 6. The van der Waals surface area contributed by atoms with Crippen LogP contribution in [0.15, 0.2) is 35.3 Å². The van der Waals surface area contributed by atoms with E-state index >= 15 is 0 Å². The van der Waals surface area contributed by atoms with Crippen LogP contribution in [0.25, 0.3) is 0 Å². The maximum absolute atomic E-state index is 11.5. The minimum atomic E-state index is -1.30. The van der Waals surface area contributed by atoms with Gasteiger partial charge in [0.2, 0.25) is 0 Å². The first kappa shape index (κ1) is 14.6. The SMILES string of the molecule is COc1ccc(OCCc2ncc(C(=O)O)c(=O)[nH]2)cc1. The van der Waals surface area contributed by atoms with Crippen molar-refractivity contribution < 1.29 is 19.4 Å². The number of benzene rings is 1. The summed E-state index contributed by atoms with van der Waals surface area (Å²) in [5.41, 5.74) is -1.05. The monoisotopic (exact) mass is 290 g/mol. The second-order valence-corrected chi connectivity index (χ2v) is 4.15. The molecule has 2 rings (SSSR count). The molecule has 0 aliphatic heterocycles. The molecule has 0 unspecified atom stereocenters. The Morgan fingerprint density at radius 3 is 2.52 bits per heavy atom. The van der Waals surface area contributed by atoms with Crippen molar-refractivity contribution in [3.05, 3.63) is 52.2 Å². The minimum absolute atomic E-state index is 0.307. The lowest BCUT2D eigenvalue weighted by Crippen LogP contribution is -2.21. The van der Waals surface area contributed by atoms with Gasteiger partial charge < -0.3 is 19.6 Å². The van der Waals surface area contributed by atoms with Gasteiger partial charge >= 0.3 is 5.97 Å². The van der Waals surface area contributed by atoms with E-state index in [0.29, 0.717) is 24.6 Å². The minimum Gasteiger partial charge on any atom is -0.497 e. The molecule has 0 aliphatic carbocycles. The molecule has 0 atom stereocenters. The second kappa shape index (κ2) is 6.56. The van der Waals surface area contributed by atoms with Crippen LogP contribution in [0, 0.1) is 0 Å². The fourth-order valence-corrected chi connectivity index (χ4v) is 1.65. The lowest BCUT2D eigenvalue weighted by atomic mass is 10.3. The highest BCUT2D eigenvalue weighted by Crippen LogP contribution is 2.16. The fraction of sp³-hybridized carbons (Fsp3) is 0.214. The smallest absolute Gasteiger partial charge is 0.342 e. The molecule has 0 spiro atoms. The zero-order chi connectivity index (χ0) is 15.2. The van der Waals surface area contributed by atoms with Gasteiger partial charge in [-0.15, -0.1) is 0 Å². The van der Waals surface area contributed by atoms with Gasteiger partial charge in [0.25, 0.3) is 5.56 Å². The lowest BCUT2D eigenvalue weighted by molar-refractivity contribution is 0.0694. The summed E-state index contributed by atoms with van der Waals surface area (Å²) in [5, 5.41) is 8.73. The van der Waals surface area contributed by atoms with Crippen LogP contribution in [0.3, 0.4) is 0 Å². The molecular weight excluding hydrogens is 276 g/mol. The predicted molar refractivity (Wildman–Crippen MR) is 74.0 cm³/mol. The van der Waals surface area contributed by atoms with Gasteiger partial charge in [0.1, 0.15) is 22.9 Å². The third-order valence-corrected chi connectivity index (χ3v) is 2.75. The van der Waals surface area contributed by atoms with Gasteiger partial charge in [0.05, 0.1) is 13.7 Å². The first-order chi connectivity index (χ1) is 10.1. The van der Waals surface area contributed by atoms with Crippen LogP contribution in [0.1, 0.15) is 16.2 Å². The normalized spacial score (nSPS) is 10.1. The number of methoxy groups -OCH3 is 1. The number of carboxylic acids is 1. The molecule has 0 fully saturated rings. The first-order valence-corrected chi connectivity index (χ1v) is 6.18. The molecular formula is C14H14N2O5. The van der Waals surface area contributed by atoms with Crippen LogP contribution in [0.4, 0.5) is 0 Å². The Kier molecular flexibility index (Phi) is 4.55. The van der Waals surface area contributed by atoms with E-state index in [2.05, 4.69) is 9.97 Å². The lowest BCUT2D eigenvalue weighted by Gasteiger charge is -2.06. The van der Waals surface area contributed by atoms with Gasteiger partial charge in [-0.2, -0.15) is 0 Å². The first-order valence-electron chi connectivity index (χ1n) is 6.18. The van der Waals surface area contributed by atoms with E-state index in [4.69, 9.17) is 14.6 Å². The molecule has 0 saturated carbocycles. The predicted octanol–water partition coefficient (Wildman–Crippen LogP) is 1.10. The van der Waals surface area contributed by atoms with Crippen LogP contribution >= 0.6 is 0 Å². The third kappa shape index (κ3) is 3.82. The molecule has 7 nitrogen and oxygen atoms in total. The van der Waals surface area contributed by atoms with E-state index in [9.17, 15) is 9.59 Å². The molecule has 0 radical (unpaired) electrons. The molecule has 1 heterocycles. The largest absolute Gasteiger partial charge is 0.497 e. The Hall–Kier alpha value is -2.83. The van der Waals surface area contributed by atoms with Crippen molar-refractivity contribution >= 4 is 5.97 Å². The topological polar surface area (TPSA) is 102 Å². The molecule has 2 aromatic rings. The molecule has 0 saturated heterocycles. The maximum atomic E-state index is 11.5. The van der Waals surface area contributed by atoms with Gasteiger partial charge in [-0.25, -0.2) is 9.78 Å². The van der Waals surface area contributed by atoms with E-state index in [-0.39, 0.29) is 5.56 Å². The number of carboxylic acid groups (broad SMARTS) is 1. The zero-order valence-electron chi connectivity index (χ0n) is 11.3. The summed E-state index contributed by atoms with van der Waals surface area (Å²) in [7, 11) is 1.58. The molecule has 0 amide bonds. The van der Waals surface area contributed by atoms with Crippen molar-refractivity contribution in [1.29, 1.82) is 0 Å². The van der Waals surface area contributed by atoms with E-state index in [1.165, 1.54) is 0 Å². The van der Waals surface area contributed by atoms with Gasteiger partial charge in [-0.3, -0.25) is 4.79 Å². The average Bonchev–Trinajstić information content (AvgIpc) is 2.47. The van der Waals surface area contributed by atoms with Gasteiger partial charge in [0.15, 0.2) is 0 Å². The van der Waals surface area contributed by atoms with Crippen molar-refractivity contribution in [3.8, 4) is 11.5 Å². The Morgan fingerprint density at radius 2 is 1.95 bits per heavy atom. The highest BCUT2D eigenvalue weighted by atomic mass is 16.5. The van der Waals surface area contributed by atoms with Gasteiger partial charge in [-0.1, -0.05) is 0 Å². The number of ether oxygens (including phenoxy) is 2. The molecule has 1 aromatic heterocycles. The zero-order valence-corrected chi connectivity index (χ0v) is 11.3. The summed E-state index contributed by atoms with van der Waals surface area (Å²) < 4.78 is 10.5. The number of aromatic carboxylic acids is 1. The van der Waals surface area contributed by atoms with Crippen LogP contribution in [-0.4, -0.2) is 34.8 Å². The fourth-order valence-electron chi connectivity index (χ4n) is 1.65. The Labute approximate surface area is 120 Å². The maximum Gasteiger partial charge on any atom is 0.342 e. The van der Waals surface area contributed by atoms with E-state index in [1.54, 1.807) is 31.4 Å². The van der Waals surface area contributed by atoms with E-state index < -0.39 is 11.5 Å². The molecule has 21 heavy (non-hydrogen) atoms. The van der Waals surface area contributed by atoms with Crippen LogP contribution in [-0.2, 0) is 6.42 Å². The van der Waals surface area contributed by atoms with Crippen molar-refractivity contribution in [2.24, 2.45) is 0 Å². The average molecular weight is 290 g/mol. The number of aromatic amines is 1. The Morgan fingerprint density at radius 1 is 1.29 bits per heavy atom. The summed E-state index contributed by atoms with van der Waals surface area (Å²) in [4.78, 5) is 28.4. The summed E-state index contributed by atoms with van der Waals surface area (Å²) in [6, 6.07) is 7.08. The van der Waals surface area contributed by atoms with Crippen molar-refractivity contribution in [2.45, 2.75) is 6.42 Å². The Bertz CT molecular complexity index is 679. The highest BCUT2D eigenvalue weighted by molar-refractivity contribution is 5.86. The molecule has 7 heteroatoms. The molecule has 2 N–H and O–H groups in total. The van der Waals surface area contributed by atoms with E-state index in [0.717, 1.165) is 11.9 Å². The van der Waals surface area contributed by atoms with Crippen LogP contribution < -0.4 is 15.0 Å². The summed E-state index contributed by atoms with van der Waals surface area (Å²) in [5.74, 6) is 0.473. The second-order valence-electron chi connectivity index (χ2n) is 4.15. The summed E-state index contributed by atoms with van der Waals surface area (Å²) >= 11 is 0. The van der Waals surface area contributed by atoms with Crippen LogP contribution in [0.5, 0.6) is 11.5 Å². The van der Waals surface area contributed by atoms with E-state index in [1.807, 2.05) is 0 Å². The van der Waals surface area contributed by atoms with Crippen molar-refractivity contribution in [2.75, 3.05) is 13.7 Å². The quantitative estimate of drug-likeness (QED) is 0.826. The standard InChI is InChI=1S/C14H14N2O5/c1-20-9-2-4-10(5-3-9)21-7-6-12-15-8-11(14(18)19)13(17)16-12/h2-5,8H,6-7H2,1H3,(H,18,19)(H,15,16,17). The molecule has 0 aliphatic rings. The van der Waals surface area contributed by atoms with Gasteiger partial charge in [-0.05, 0) is 24.3 Å². The summed E-state index contributed by atoms with van der Waals surface area (Å²) in [6.07, 6.45) is 1.41. The Balaban J connectivity index is 1.92. The molecule has 110 valence electrons. The third-order valence-electron chi connectivity index (χ3n) is 2.75. The number of nitrogens with zero attached hydrogens (tertiary/aromatic N) is 1. The van der Waals surface area contributed by atoms with Crippen molar-refractivity contribution in [3.63, 3.8) is 0 Å². The van der Waals surface area contributed by atoms with Crippen LogP contribution in [0.2, 0.25) is 0 Å². The number of hydrogen-bond donors (Lipinski definition) is 2. The van der Waals surface area contributed by atoms with Crippen molar-refractivity contribution in [1.82, 2.24) is 9.97 Å².